The summed E-state index contributed by atoms with van der Waals surface area (Å²) in [5.41, 5.74) is 2.65. The molecule has 0 radical (unpaired) electrons. The number of ether oxygens (including phenoxy) is 2. The first kappa shape index (κ1) is 19.3. The molecule has 0 fully saturated rings. The third kappa shape index (κ3) is 4.11. The number of rotatable bonds is 6. The minimum Gasteiger partial charge on any atom is -0.497 e. The van der Waals surface area contributed by atoms with Crippen LogP contribution in [0.25, 0.3) is 11.1 Å². The van der Waals surface area contributed by atoms with Crippen molar-refractivity contribution in [3.8, 4) is 22.6 Å². The van der Waals surface area contributed by atoms with E-state index in [9.17, 15) is 13.6 Å². The SMILES string of the molecule is COc1ccc(-c2cc(NC(=O)c3cnn(C)c3C)ccc2OC(F)F)cc1. The number of benzene rings is 2. The van der Waals surface area contributed by atoms with Crippen LogP contribution in [-0.2, 0) is 7.05 Å². The zero-order valence-corrected chi connectivity index (χ0v) is 15.6. The average molecular weight is 387 g/mol. The molecule has 1 aromatic heterocycles. The molecule has 0 saturated carbocycles. The number of aromatic nitrogens is 2. The van der Waals surface area contributed by atoms with E-state index in [0.29, 0.717) is 33.8 Å². The van der Waals surface area contributed by atoms with Gasteiger partial charge in [0.1, 0.15) is 11.5 Å². The molecule has 8 heteroatoms. The fraction of sp³-hybridized carbons (Fsp3) is 0.200. The average Bonchev–Trinajstić information content (AvgIpc) is 3.01. The van der Waals surface area contributed by atoms with Gasteiger partial charge in [0.2, 0.25) is 0 Å². The lowest BCUT2D eigenvalue weighted by Gasteiger charge is -2.14. The highest BCUT2D eigenvalue weighted by atomic mass is 19.3. The van der Waals surface area contributed by atoms with Gasteiger partial charge in [0, 0.05) is 24.0 Å². The molecule has 0 aliphatic heterocycles. The fourth-order valence-corrected chi connectivity index (χ4v) is 2.72. The number of methoxy groups -OCH3 is 1. The molecule has 1 amide bonds. The normalized spacial score (nSPS) is 10.8. The highest BCUT2D eigenvalue weighted by Crippen LogP contribution is 2.34. The number of nitrogens with one attached hydrogen (secondary N) is 1. The maximum absolute atomic E-state index is 12.8. The highest BCUT2D eigenvalue weighted by Gasteiger charge is 2.16. The molecule has 3 rings (SSSR count). The summed E-state index contributed by atoms with van der Waals surface area (Å²) in [7, 11) is 3.28. The number of halogens is 2. The maximum Gasteiger partial charge on any atom is 0.387 e. The lowest BCUT2D eigenvalue weighted by atomic mass is 10.0. The molecule has 0 atom stereocenters. The van der Waals surface area contributed by atoms with Crippen LogP contribution in [-0.4, -0.2) is 29.4 Å². The first-order chi connectivity index (χ1) is 13.4. The van der Waals surface area contributed by atoms with Crippen LogP contribution in [0.3, 0.4) is 0 Å². The summed E-state index contributed by atoms with van der Waals surface area (Å²) in [6.45, 7) is -1.18. The number of carbonyl (C=O) groups excluding carboxylic acids is 1. The Morgan fingerprint density at radius 2 is 1.89 bits per heavy atom. The van der Waals surface area contributed by atoms with E-state index in [-0.39, 0.29) is 11.7 Å². The third-order valence-corrected chi connectivity index (χ3v) is 4.33. The molecule has 28 heavy (non-hydrogen) atoms. The van der Waals surface area contributed by atoms with Gasteiger partial charge >= 0.3 is 6.61 Å². The van der Waals surface area contributed by atoms with Gasteiger partial charge in [0.15, 0.2) is 0 Å². The van der Waals surface area contributed by atoms with Gasteiger partial charge in [-0.2, -0.15) is 13.9 Å². The molecule has 0 aliphatic carbocycles. The number of hydrogen-bond acceptors (Lipinski definition) is 4. The topological polar surface area (TPSA) is 65.4 Å². The summed E-state index contributed by atoms with van der Waals surface area (Å²) < 4.78 is 36.9. The summed E-state index contributed by atoms with van der Waals surface area (Å²) in [5, 5.41) is 6.81. The van der Waals surface area contributed by atoms with E-state index in [4.69, 9.17) is 4.74 Å². The molecule has 1 N–H and O–H groups in total. The molecule has 2 aromatic carbocycles. The standard InChI is InChI=1S/C20H19F2N3O3/c1-12-17(11-23-25(12)2)19(26)24-14-6-9-18(28-20(21)22)16(10-14)13-4-7-15(27-3)8-5-13/h4-11,20H,1-3H3,(H,24,26). The zero-order chi connectivity index (χ0) is 20.3. The number of carbonyl (C=O) groups is 1. The van der Waals surface area contributed by atoms with Crippen molar-refractivity contribution in [2.75, 3.05) is 12.4 Å². The van der Waals surface area contributed by atoms with Crippen LogP contribution in [0.2, 0.25) is 0 Å². The van der Waals surface area contributed by atoms with Gasteiger partial charge in [0.05, 0.1) is 18.9 Å². The Bertz CT molecular complexity index is 985. The maximum atomic E-state index is 12.8. The van der Waals surface area contributed by atoms with E-state index in [2.05, 4.69) is 15.2 Å². The van der Waals surface area contributed by atoms with Gasteiger partial charge < -0.3 is 14.8 Å². The first-order valence-corrected chi connectivity index (χ1v) is 8.42. The quantitative estimate of drug-likeness (QED) is 0.687. The lowest BCUT2D eigenvalue weighted by molar-refractivity contribution is -0.0494. The van der Waals surface area contributed by atoms with Crippen LogP contribution < -0.4 is 14.8 Å². The Balaban J connectivity index is 1.94. The number of amides is 1. The minimum atomic E-state index is -2.96. The van der Waals surface area contributed by atoms with E-state index >= 15 is 0 Å². The molecule has 0 unspecified atom stereocenters. The van der Waals surface area contributed by atoms with Crippen molar-refractivity contribution in [2.24, 2.45) is 7.05 Å². The third-order valence-electron chi connectivity index (χ3n) is 4.33. The van der Waals surface area contributed by atoms with E-state index in [1.165, 1.54) is 25.4 Å². The number of hydrogen-bond donors (Lipinski definition) is 1. The van der Waals surface area contributed by atoms with E-state index in [1.807, 2.05) is 0 Å². The van der Waals surface area contributed by atoms with Crippen molar-refractivity contribution < 1.29 is 23.0 Å². The molecular formula is C20H19F2N3O3. The first-order valence-electron chi connectivity index (χ1n) is 8.42. The van der Waals surface area contributed by atoms with Crippen molar-refractivity contribution in [1.29, 1.82) is 0 Å². The Morgan fingerprint density at radius 1 is 1.18 bits per heavy atom. The van der Waals surface area contributed by atoms with Crippen molar-refractivity contribution in [3.05, 3.63) is 59.9 Å². The molecule has 0 bridgehead atoms. The Labute approximate surface area is 160 Å². The highest BCUT2D eigenvalue weighted by molar-refractivity contribution is 6.05. The van der Waals surface area contributed by atoms with Crippen LogP contribution in [0.4, 0.5) is 14.5 Å². The number of alkyl halides is 2. The summed E-state index contributed by atoms with van der Waals surface area (Å²) in [6.07, 6.45) is 1.48. The second kappa shape index (κ2) is 8.08. The lowest BCUT2D eigenvalue weighted by Crippen LogP contribution is -2.13. The zero-order valence-electron chi connectivity index (χ0n) is 15.6. The molecule has 0 saturated heterocycles. The molecule has 6 nitrogen and oxygen atoms in total. The van der Waals surface area contributed by atoms with Gasteiger partial charge in [0.25, 0.3) is 5.91 Å². The van der Waals surface area contributed by atoms with Crippen molar-refractivity contribution in [2.45, 2.75) is 13.5 Å². The van der Waals surface area contributed by atoms with Crippen molar-refractivity contribution in [3.63, 3.8) is 0 Å². The molecule has 0 spiro atoms. The largest absolute Gasteiger partial charge is 0.497 e. The summed E-state index contributed by atoms with van der Waals surface area (Å²) in [4.78, 5) is 12.5. The van der Waals surface area contributed by atoms with Gasteiger partial charge in [-0.1, -0.05) is 12.1 Å². The molecule has 0 aliphatic rings. The molecule has 146 valence electrons. The summed E-state index contributed by atoms with van der Waals surface area (Å²) in [5.74, 6) is 0.307. The van der Waals surface area contributed by atoms with Crippen LogP contribution in [0.1, 0.15) is 16.1 Å². The monoisotopic (exact) mass is 387 g/mol. The van der Waals surface area contributed by atoms with Crippen LogP contribution in [0, 0.1) is 6.92 Å². The van der Waals surface area contributed by atoms with Crippen molar-refractivity contribution in [1.82, 2.24) is 9.78 Å². The summed E-state index contributed by atoms with van der Waals surface area (Å²) >= 11 is 0. The number of aryl methyl sites for hydroxylation is 1. The Morgan fingerprint density at radius 3 is 2.46 bits per heavy atom. The molecule has 3 aromatic rings. The fourth-order valence-electron chi connectivity index (χ4n) is 2.72. The Kier molecular flexibility index (Phi) is 5.58. The molecular weight excluding hydrogens is 368 g/mol. The van der Waals surface area contributed by atoms with Gasteiger partial charge in [-0.05, 0) is 42.8 Å². The van der Waals surface area contributed by atoms with Gasteiger partial charge in [-0.3, -0.25) is 9.48 Å². The van der Waals surface area contributed by atoms with Crippen LogP contribution >= 0.6 is 0 Å². The number of nitrogens with zero attached hydrogens (tertiary/aromatic N) is 2. The van der Waals surface area contributed by atoms with Gasteiger partial charge in [-0.25, -0.2) is 0 Å². The smallest absolute Gasteiger partial charge is 0.387 e. The van der Waals surface area contributed by atoms with Gasteiger partial charge in [-0.15, -0.1) is 0 Å². The number of anilines is 1. The minimum absolute atomic E-state index is 0.00993. The molecule has 1 heterocycles. The second-order valence-corrected chi connectivity index (χ2v) is 6.04. The van der Waals surface area contributed by atoms with E-state index in [1.54, 1.807) is 49.0 Å². The van der Waals surface area contributed by atoms with Crippen LogP contribution in [0.5, 0.6) is 11.5 Å². The van der Waals surface area contributed by atoms with E-state index < -0.39 is 6.61 Å². The Hall–Kier alpha value is -3.42. The van der Waals surface area contributed by atoms with Crippen LogP contribution in [0.15, 0.2) is 48.7 Å². The predicted molar refractivity (Wildman–Crippen MR) is 101 cm³/mol. The second-order valence-electron chi connectivity index (χ2n) is 6.04. The predicted octanol–water partition coefficient (Wildman–Crippen LogP) is 4.26. The van der Waals surface area contributed by atoms with E-state index in [0.717, 1.165) is 0 Å². The van der Waals surface area contributed by atoms with Crippen molar-refractivity contribution >= 4 is 11.6 Å². The summed E-state index contributed by atoms with van der Waals surface area (Å²) in [6, 6.07) is 11.4.